The molecule has 0 fully saturated rings. The van der Waals surface area contributed by atoms with Crippen molar-refractivity contribution in [3.63, 3.8) is 0 Å². The molecule has 0 N–H and O–H groups in total. The molecule has 0 amide bonds. The first-order chi connectivity index (χ1) is 13.9. The van der Waals surface area contributed by atoms with Crippen molar-refractivity contribution >= 4 is 0 Å². The number of rotatable bonds is 5. The number of nitrogens with zero attached hydrogens (tertiary/aromatic N) is 4. The van der Waals surface area contributed by atoms with Crippen LogP contribution in [0.1, 0.15) is 11.3 Å². The van der Waals surface area contributed by atoms with Crippen LogP contribution in [0.15, 0.2) is 77.8 Å². The Morgan fingerprint density at radius 1 is 0.893 bits per heavy atom. The summed E-state index contributed by atoms with van der Waals surface area (Å²) < 4.78 is 7.78. The van der Waals surface area contributed by atoms with Crippen LogP contribution < -0.4 is 0 Å². The second-order valence-electron chi connectivity index (χ2n) is 7.20. The van der Waals surface area contributed by atoms with Gasteiger partial charge in [-0.05, 0) is 11.1 Å². The number of benzene rings is 2. The van der Waals surface area contributed by atoms with E-state index in [1.165, 1.54) is 16.7 Å². The van der Waals surface area contributed by atoms with Crippen LogP contribution in [0.5, 0.6) is 0 Å². The molecule has 1 aliphatic rings. The lowest BCUT2D eigenvalue weighted by Gasteiger charge is -2.26. The SMILES string of the molecule is c1ccc(-c2ccc(-c3noc4c3CN(CCn3ccnc3)CC4)cc2)cc1. The van der Waals surface area contributed by atoms with E-state index < -0.39 is 0 Å². The molecule has 5 rings (SSSR count). The van der Waals surface area contributed by atoms with Gasteiger partial charge in [0.25, 0.3) is 0 Å². The molecular weight excluding hydrogens is 348 g/mol. The third-order valence-corrected chi connectivity index (χ3v) is 5.41. The highest BCUT2D eigenvalue weighted by atomic mass is 16.5. The molecule has 0 spiro atoms. The molecule has 140 valence electrons. The van der Waals surface area contributed by atoms with Crippen molar-refractivity contribution in [1.29, 1.82) is 0 Å². The van der Waals surface area contributed by atoms with Crippen molar-refractivity contribution in [2.75, 3.05) is 13.1 Å². The number of imidazole rings is 1. The molecule has 0 saturated carbocycles. The van der Waals surface area contributed by atoms with Gasteiger partial charge in [0.05, 0.1) is 6.33 Å². The Hall–Kier alpha value is -3.18. The topological polar surface area (TPSA) is 47.1 Å². The largest absolute Gasteiger partial charge is 0.360 e. The fourth-order valence-electron chi connectivity index (χ4n) is 3.81. The third-order valence-electron chi connectivity index (χ3n) is 5.41. The maximum atomic E-state index is 5.66. The van der Waals surface area contributed by atoms with Gasteiger partial charge in [-0.15, -0.1) is 0 Å². The van der Waals surface area contributed by atoms with Gasteiger partial charge in [0.2, 0.25) is 0 Å². The molecule has 0 unspecified atom stereocenters. The summed E-state index contributed by atoms with van der Waals surface area (Å²) in [5, 5.41) is 4.40. The van der Waals surface area contributed by atoms with E-state index in [2.05, 4.69) is 68.1 Å². The molecule has 5 heteroatoms. The minimum atomic E-state index is 0.878. The molecule has 0 saturated heterocycles. The van der Waals surface area contributed by atoms with E-state index >= 15 is 0 Å². The van der Waals surface area contributed by atoms with Crippen LogP contribution in [0.25, 0.3) is 22.4 Å². The Morgan fingerprint density at radius 2 is 1.68 bits per heavy atom. The van der Waals surface area contributed by atoms with E-state index in [1.807, 2.05) is 24.8 Å². The Kier molecular flexibility index (Phi) is 4.51. The Balaban J connectivity index is 1.34. The lowest BCUT2D eigenvalue weighted by molar-refractivity contribution is 0.228. The first kappa shape index (κ1) is 17.0. The average Bonchev–Trinajstić information content (AvgIpc) is 3.43. The van der Waals surface area contributed by atoms with Crippen molar-refractivity contribution in [3.8, 4) is 22.4 Å². The highest BCUT2D eigenvalue weighted by molar-refractivity contribution is 5.70. The summed E-state index contributed by atoms with van der Waals surface area (Å²) in [6.45, 7) is 3.82. The Morgan fingerprint density at radius 3 is 2.46 bits per heavy atom. The fourth-order valence-corrected chi connectivity index (χ4v) is 3.81. The lowest BCUT2D eigenvalue weighted by atomic mass is 9.99. The highest BCUT2D eigenvalue weighted by Gasteiger charge is 2.24. The molecule has 0 bridgehead atoms. The first-order valence-electron chi connectivity index (χ1n) is 9.68. The molecule has 0 aliphatic carbocycles. The second kappa shape index (κ2) is 7.44. The molecule has 3 heterocycles. The molecule has 5 nitrogen and oxygen atoms in total. The minimum Gasteiger partial charge on any atom is -0.360 e. The van der Waals surface area contributed by atoms with E-state index in [0.29, 0.717) is 0 Å². The van der Waals surface area contributed by atoms with Crippen LogP contribution in [0, 0.1) is 0 Å². The summed E-state index contributed by atoms with van der Waals surface area (Å²) in [7, 11) is 0. The molecule has 0 radical (unpaired) electrons. The van der Waals surface area contributed by atoms with Gasteiger partial charge in [0, 0.05) is 56.1 Å². The Bertz CT molecular complexity index is 1040. The normalized spacial score (nSPS) is 14.1. The number of hydrogen-bond acceptors (Lipinski definition) is 4. The van der Waals surface area contributed by atoms with Gasteiger partial charge in [0.1, 0.15) is 11.5 Å². The summed E-state index contributed by atoms with van der Waals surface area (Å²) in [4.78, 5) is 6.58. The van der Waals surface area contributed by atoms with Gasteiger partial charge in [-0.1, -0.05) is 59.8 Å². The van der Waals surface area contributed by atoms with Gasteiger partial charge in [-0.2, -0.15) is 0 Å². The second-order valence-corrected chi connectivity index (χ2v) is 7.20. The predicted molar refractivity (Wildman–Crippen MR) is 109 cm³/mol. The number of hydrogen-bond donors (Lipinski definition) is 0. The molecule has 2 aromatic carbocycles. The zero-order chi connectivity index (χ0) is 18.8. The van der Waals surface area contributed by atoms with Crippen LogP contribution in [0.4, 0.5) is 0 Å². The van der Waals surface area contributed by atoms with Gasteiger partial charge in [-0.3, -0.25) is 4.90 Å². The third kappa shape index (κ3) is 3.37. The predicted octanol–water partition coefficient (Wildman–Crippen LogP) is 4.26. The van der Waals surface area contributed by atoms with E-state index in [4.69, 9.17) is 4.52 Å². The van der Waals surface area contributed by atoms with Crippen LogP contribution >= 0.6 is 0 Å². The molecule has 1 aliphatic heterocycles. The smallest absolute Gasteiger partial charge is 0.143 e. The summed E-state index contributed by atoms with van der Waals surface area (Å²) in [6.07, 6.45) is 6.61. The molecule has 28 heavy (non-hydrogen) atoms. The van der Waals surface area contributed by atoms with Crippen molar-refractivity contribution in [2.24, 2.45) is 0 Å². The maximum absolute atomic E-state index is 5.66. The first-order valence-corrected chi connectivity index (χ1v) is 9.68. The van der Waals surface area contributed by atoms with E-state index in [-0.39, 0.29) is 0 Å². The van der Waals surface area contributed by atoms with Gasteiger partial charge < -0.3 is 9.09 Å². The van der Waals surface area contributed by atoms with Crippen LogP contribution in [-0.2, 0) is 19.5 Å². The lowest BCUT2D eigenvalue weighted by Crippen LogP contribution is -2.32. The molecule has 4 aromatic rings. The van der Waals surface area contributed by atoms with Crippen molar-refractivity contribution in [3.05, 3.63) is 84.6 Å². The van der Waals surface area contributed by atoms with Crippen molar-refractivity contribution in [1.82, 2.24) is 19.6 Å². The number of fused-ring (bicyclic) bond motifs is 1. The fraction of sp³-hybridized carbons (Fsp3) is 0.217. The summed E-state index contributed by atoms with van der Waals surface area (Å²) in [6, 6.07) is 19.0. The van der Waals surface area contributed by atoms with Crippen molar-refractivity contribution < 1.29 is 4.52 Å². The van der Waals surface area contributed by atoms with E-state index in [9.17, 15) is 0 Å². The monoisotopic (exact) mass is 370 g/mol. The van der Waals surface area contributed by atoms with Gasteiger partial charge >= 0.3 is 0 Å². The van der Waals surface area contributed by atoms with Crippen LogP contribution in [0.3, 0.4) is 0 Å². The maximum Gasteiger partial charge on any atom is 0.143 e. The molecular formula is C23H22N4O. The van der Waals surface area contributed by atoms with Crippen LogP contribution in [-0.4, -0.2) is 32.7 Å². The average molecular weight is 370 g/mol. The van der Waals surface area contributed by atoms with Crippen molar-refractivity contribution in [2.45, 2.75) is 19.5 Å². The zero-order valence-corrected chi connectivity index (χ0v) is 15.7. The summed E-state index contributed by atoms with van der Waals surface area (Å²) in [5.74, 6) is 1.03. The number of aromatic nitrogens is 3. The van der Waals surface area contributed by atoms with E-state index in [1.54, 1.807) is 0 Å². The Labute approximate surface area is 164 Å². The highest BCUT2D eigenvalue weighted by Crippen LogP contribution is 2.31. The summed E-state index contributed by atoms with van der Waals surface area (Å²) >= 11 is 0. The standard InChI is InChI=1S/C23H22N4O/c1-2-4-18(5-3-1)19-6-8-20(9-7-19)23-21-16-26(12-10-22(21)28-25-23)14-15-27-13-11-24-17-27/h1-9,11,13,17H,10,12,14-16H2. The summed E-state index contributed by atoms with van der Waals surface area (Å²) in [5.41, 5.74) is 5.75. The van der Waals surface area contributed by atoms with Gasteiger partial charge in [-0.25, -0.2) is 4.98 Å². The quantitative estimate of drug-likeness (QED) is 0.527. The molecule has 0 atom stereocenters. The molecule has 2 aromatic heterocycles. The zero-order valence-electron chi connectivity index (χ0n) is 15.7. The minimum absolute atomic E-state index is 0.878. The van der Waals surface area contributed by atoms with E-state index in [0.717, 1.165) is 49.6 Å². The van der Waals surface area contributed by atoms with Gasteiger partial charge in [0.15, 0.2) is 0 Å². The van der Waals surface area contributed by atoms with Crippen LogP contribution in [0.2, 0.25) is 0 Å².